The molecule has 0 aromatic heterocycles. The van der Waals surface area contributed by atoms with Gasteiger partial charge in [0.05, 0.1) is 18.8 Å². The smallest absolute Gasteiger partial charge is 0.186 e. The minimum Gasteiger partial charge on any atom is -0.394 e. The summed E-state index contributed by atoms with van der Waals surface area (Å²) >= 11 is 0. The molecule has 3 rings (SSSR count). The molecular formula is C19H32O8. The second kappa shape index (κ2) is 7.03. The number of ether oxygens (including phenoxy) is 3. The molecule has 8 heteroatoms. The van der Waals surface area contributed by atoms with Crippen LogP contribution in [0.3, 0.4) is 0 Å². The summed E-state index contributed by atoms with van der Waals surface area (Å²) in [7, 11) is 0. The number of aliphatic hydroxyl groups is 5. The van der Waals surface area contributed by atoms with E-state index in [9.17, 15) is 25.5 Å². The van der Waals surface area contributed by atoms with E-state index in [1.165, 1.54) is 0 Å². The third-order valence-corrected chi connectivity index (χ3v) is 6.28. The minimum absolute atomic E-state index is 0.301. The highest BCUT2D eigenvalue weighted by molar-refractivity contribution is 5.32. The van der Waals surface area contributed by atoms with E-state index in [1.807, 2.05) is 13.0 Å². The van der Waals surface area contributed by atoms with E-state index in [0.29, 0.717) is 12.8 Å². The maximum absolute atomic E-state index is 10.2. The van der Waals surface area contributed by atoms with Gasteiger partial charge in [0, 0.05) is 11.8 Å². The first-order valence-electron chi connectivity index (χ1n) is 9.50. The van der Waals surface area contributed by atoms with Gasteiger partial charge < -0.3 is 39.7 Å². The summed E-state index contributed by atoms with van der Waals surface area (Å²) in [5.41, 5.74) is -1.27. The molecule has 1 aliphatic carbocycles. The van der Waals surface area contributed by atoms with Gasteiger partial charge in [-0.2, -0.15) is 0 Å². The van der Waals surface area contributed by atoms with E-state index < -0.39 is 54.6 Å². The Bertz CT molecular complexity index is 576. The fourth-order valence-corrected chi connectivity index (χ4v) is 4.78. The van der Waals surface area contributed by atoms with Crippen molar-refractivity contribution in [1.29, 1.82) is 0 Å². The zero-order valence-electron chi connectivity index (χ0n) is 16.3. The molecule has 2 saturated heterocycles. The predicted molar refractivity (Wildman–Crippen MR) is 94.7 cm³/mol. The summed E-state index contributed by atoms with van der Waals surface area (Å²) in [6.07, 6.45) is -2.47. The normalized spacial score (nSPS) is 50.4. The van der Waals surface area contributed by atoms with Crippen LogP contribution in [-0.2, 0) is 14.2 Å². The van der Waals surface area contributed by atoms with Crippen molar-refractivity contribution < 1.29 is 39.7 Å². The molecule has 0 spiro atoms. The maximum atomic E-state index is 10.2. The molecule has 0 amide bonds. The van der Waals surface area contributed by atoms with E-state index in [0.717, 1.165) is 0 Å². The highest BCUT2D eigenvalue weighted by atomic mass is 16.7. The Kier molecular flexibility index (Phi) is 5.51. The topological polar surface area (TPSA) is 132 Å². The monoisotopic (exact) mass is 388 g/mol. The molecule has 3 aliphatic rings. The van der Waals surface area contributed by atoms with Gasteiger partial charge >= 0.3 is 0 Å². The van der Waals surface area contributed by atoms with Gasteiger partial charge in [-0.25, -0.2) is 0 Å². The lowest BCUT2D eigenvalue weighted by atomic mass is 9.63. The molecule has 0 aromatic rings. The molecule has 5 N–H and O–H groups in total. The van der Waals surface area contributed by atoms with Gasteiger partial charge in [0.1, 0.15) is 35.6 Å². The Morgan fingerprint density at radius 2 is 1.78 bits per heavy atom. The summed E-state index contributed by atoms with van der Waals surface area (Å²) in [6, 6.07) is 0. The van der Waals surface area contributed by atoms with Crippen LogP contribution in [0.1, 0.15) is 40.5 Å². The van der Waals surface area contributed by atoms with Crippen LogP contribution in [-0.4, -0.2) is 86.3 Å². The first-order valence-corrected chi connectivity index (χ1v) is 9.50. The first-order chi connectivity index (χ1) is 12.5. The van der Waals surface area contributed by atoms with Crippen molar-refractivity contribution in [1.82, 2.24) is 0 Å². The fraction of sp³-hybridized carbons (Fsp3) is 0.895. The van der Waals surface area contributed by atoms with Gasteiger partial charge in [-0.1, -0.05) is 26.0 Å². The number of aliphatic hydroxyl groups excluding tert-OH is 5. The molecule has 2 aliphatic heterocycles. The molecule has 0 bridgehead atoms. The van der Waals surface area contributed by atoms with E-state index >= 15 is 0 Å². The second-order valence-electron chi connectivity index (χ2n) is 8.92. The van der Waals surface area contributed by atoms with Crippen molar-refractivity contribution in [2.24, 2.45) is 5.41 Å². The highest BCUT2D eigenvalue weighted by Gasteiger charge is 2.75. The summed E-state index contributed by atoms with van der Waals surface area (Å²) in [5, 5.41) is 49.0. The number of hydrogen-bond acceptors (Lipinski definition) is 8. The molecule has 2 heterocycles. The zero-order valence-corrected chi connectivity index (χ0v) is 16.3. The van der Waals surface area contributed by atoms with Crippen LogP contribution >= 0.6 is 0 Å². The van der Waals surface area contributed by atoms with Crippen molar-refractivity contribution >= 4 is 0 Å². The van der Waals surface area contributed by atoms with E-state index in [-0.39, 0.29) is 11.5 Å². The number of hydrogen-bond donors (Lipinski definition) is 5. The SMILES string of the molecule is C[C@@H](O)/C=C/[C@@]12O[C@]1(C)C[C@@H](O[C@@H]1O[C@H](CO)[C@@H](O)[C@H](O)[C@H]1O)CC2(C)C. The summed E-state index contributed by atoms with van der Waals surface area (Å²) in [6.45, 7) is 7.31. The maximum Gasteiger partial charge on any atom is 0.186 e. The Morgan fingerprint density at radius 1 is 1.11 bits per heavy atom. The average Bonchev–Trinajstić information content (AvgIpc) is 3.20. The van der Waals surface area contributed by atoms with Crippen molar-refractivity contribution in [2.75, 3.05) is 6.61 Å². The summed E-state index contributed by atoms with van der Waals surface area (Å²) in [4.78, 5) is 0. The van der Waals surface area contributed by atoms with Crippen LogP contribution in [0, 0.1) is 5.41 Å². The molecule has 0 aromatic carbocycles. The molecule has 0 radical (unpaired) electrons. The Labute approximate surface area is 159 Å². The van der Waals surface area contributed by atoms with Gasteiger partial charge in [-0.15, -0.1) is 0 Å². The average molecular weight is 388 g/mol. The number of rotatable bonds is 5. The Morgan fingerprint density at radius 3 is 2.33 bits per heavy atom. The van der Waals surface area contributed by atoms with Crippen LogP contribution < -0.4 is 0 Å². The van der Waals surface area contributed by atoms with Crippen molar-refractivity contribution in [2.45, 2.75) is 94.7 Å². The van der Waals surface area contributed by atoms with E-state index in [2.05, 4.69) is 13.8 Å². The molecule has 8 nitrogen and oxygen atoms in total. The molecule has 0 unspecified atom stereocenters. The summed E-state index contributed by atoms with van der Waals surface area (Å²) in [5.74, 6) is 0. The highest BCUT2D eigenvalue weighted by Crippen LogP contribution is 2.66. The van der Waals surface area contributed by atoms with Gasteiger partial charge in [-0.05, 0) is 20.3 Å². The van der Waals surface area contributed by atoms with Crippen LogP contribution in [0.5, 0.6) is 0 Å². The predicted octanol–water partition coefficient (Wildman–Crippen LogP) is -0.544. The van der Waals surface area contributed by atoms with E-state index in [4.69, 9.17) is 14.2 Å². The Balaban J connectivity index is 1.72. The third kappa shape index (κ3) is 3.47. The lowest BCUT2D eigenvalue weighted by molar-refractivity contribution is -0.315. The van der Waals surface area contributed by atoms with Crippen LogP contribution in [0.15, 0.2) is 12.2 Å². The zero-order chi connectivity index (χ0) is 20.2. The van der Waals surface area contributed by atoms with Crippen molar-refractivity contribution in [3.63, 3.8) is 0 Å². The van der Waals surface area contributed by atoms with Crippen molar-refractivity contribution in [3.8, 4) is 0 Å². The fourth-order valence-electron chi connectivity index (χ4n) is 4.78. The van der Waals surface area contributed by atoms with Gasteiger partial charge in [0.25, 0.3) is 0 Å². The molecule has 27 heavy (non-hydrogen) atoms. The van der Waals surface area contributed by atoms with E-state index in [1.54, 1.807) is 13.0 Å². The van der Waals surface area contributed by atoms with Crippen LogP contribution in [0.25, 0.3) is 0 Å². The third-order valence-electron chi connectivity index (χ3n) is 6.28. The minimum atomic E-state index is -1.46. The molecule has 156 valence electrons. The lowest BCUT2D eigenvalue weighted by Gasteiger charge is -2.44. The second-order valence-corrected chi connectivity index (χ2v) is 8.92. The lowest BCUT2D eigenvalue weighted by Crippen LogP contribution is -2.60. The Hall–Kier alpha value is -0.580. The number of fused-ring (bicyclic) bond motifs is 1. The van der Waals surface area contributed by atoms with Crippen LogP contribution in [0.4, 0.5) is 0 Å². The van der Waals surface area contributed by atoms with Crippen molar-refractivity contribution in [3.05, 3.63) is 12.2 Å². The van der Waals surface area contributed by atoms with Crippen LogP contribution in [0.2, 0.25) is 0 Å². The van der Waals surface area contributed by atoms with Gasteiger partial charge in [-0.3, -0.25) is 0 Å². The largest absolute Gasteiger partial charge is 0.394 e. The first kappa shape index (κ1) is 21.1. The van der Waals surface area contributed by atoms with Gasteiger partial charge in [0.15, 0.2) is 6.29 Å². The summed E-state index contributed by atoms with van der Waals surface area (Å²) < 4.78 is 17.6. The van der Waals surface area contributed by atoms with Gasteiger partial charge in [0.2, 0.25) is 0 Å². The standard InChI is InChI=1S/C19H32O8/c1-10(21)5-6-19-17(2,3)7-11(8-18(19,4)27-19)25-16-15(24)14(23)13(22)12(9-20)26-16/h5-6,10-16,20-24H,7-9H2,1-4H3/b6-5+/t10-,11+,12-,13-,14+,15-,16-,18-,19+/m1/s1. The number of epoxide rings is 1. The molecule has 3 fully saturated rings. The quantitative estimate of drug-likeness (QED) is 0.313. The molecule has 9 atom stereocenters. The molecular weight excluding hydrogens is 356 g/mol. The molecule has 1 saturated carbocycles.